The van der Waals surface area contributed by atoms with Crippen LogP contribution in [0.2, 0.25) is 10.0 Å². The zero-order valence-corrected chi connectivity index (χ0v) is 14.0. The van der Waals surface area contributed by atoms with Gasteiger partial charge in [0.2, 0.25) is 0 Å². The minimum Gasteiger partial charge on any atom is -0.456 e. The molecular weight excluding hydrogens is 361 g/mol. The smallest absolute Gasteiger partial charge is 0.141 e. The Balaban J connectivity index is 2.30. The molecule has 20 heavy (non-hydrogen) atoms. The van der Waals surface area contributed by atoms with Crippen molar-refractivity contribution in [1.82, 2.24) is 5.32 Å². The minimum atomic E-state index is 0.656. The van der Waals surface area contributed by atoms with Crippen molar-refractivity contribution in [2.75, 3.05) is 6.54 Å². The zero-order chi connectivity index (χ0) is 14.5. The summed E-state index contributed by atoms with van der Waals surface area (Å²) in [6, 6.07) is 11.0. The Hall–Kier alpha value is -0.740. The number of benzene rings is 2. The largest absolute Gasteiger partial charge is 0.456 e. The molecule has 0 saturated carbocycles. The van der Waals surface area contributed by atoms with Crippen LogP contribution in [0.3, 0.4) is 0 Å². The Kier molecular flexibility index (Phi) is 5.73. The van der Waals surface area contributed by atoms with Gasteiger partial charge < -0.3 is 10.1 Å². The number of rotatable bonds is 5. The lowest BCUT2D eigenvalue weighted by molar-refractivity contribution is 0.470. The molecule has 2 aromatic carbocycles. The van der Waals surface area contributed by atoms with Gasteiger partial charge in [-0.1, -0.05) is 36.2 Å². The van der Waals surface area contributed by atoms with E-state index in [1.807, 2.05) is 31.2 Å². The first-order valence-corrected chi connectivity index (χ1v) is 7.77. The monoisotopic (exact) mass is 373 g/mol. The summed E-state index contributed by atoms with van der Waals surface area (Å²) in [5.74, 6) is 1.44. The highest BCUT2D eigenvalue weighted by Gasteiger charge is 2.10. The van der Waals surface area contributed by atoms with Crippen molar-refractivity contribution in [2.24, 2.45) is 0 Å². The second-order valence-electron chi connectivity index (χ2n) is 4.17. The minimum absolute atomic E-state index is 0.656. The van der Waals surface area contributed by atoms with Gasteiger partial charge in [-0.3, -0.25) is 0 Å². The molecule has 2 rings (SSSR count). The molecule has 0 radical (unpaired) electrons. The lowest BCUT2D eigenvalue weighted by Gasteiger charge is -2.14. The lowest BCUT2D eigenvalue weighted by atomic mass is 10.2. The molecule has 0 unspecified atom stereocenters. The zero-order valence-electron chi connectivity index (χ0n) is 10.9. The average molecular weight is 375 g/mol. The summed E-state index contributed by atoms with van der Waals surface area (Å²) in [4.78, 5) is 0. The molecule has 2 nitrogen and oxygen atoms in total. The van der Waals surface area contributed by atoms with Crippen molar-refractivity contribution >= 4 is 39.1 Å². The van der Waals surface area contributed by atoms with Gasteiger partial charge in [-0.2, -0.15) is 0 Å². The molecule has 0 atom stereocenters. The van der Waals surface area contributed by atoms with Crippen LogP contribution in [-0.4, -0.2) is 6.54 Å². The number of nitrogens with one attached hydrogen (secondary N) is 1. The fourth-order valence-electron chi connectivity index (χ4n) is 1.73. The van der Waals surface area contributed by atoms with Crippen LogP contribution in [0.5, 0.6) is 11.5 Å². The molecule has 0 aliphatic rings. The number of hydrogen-bond acceptors (Lipinski definition) is 2. The van der Waals surface area contributed by atoms with E-state index >= 15 is 0 Å². The summed E-state index contributed by atoms with van der Waals surface area (Å²) in [6.45, 7) is 3.58. The molecule has 0 aliphatic carbocycles. The van der Waals surface area contributed by atoms with Crippen LogP contribution in [-0.2, 0) is 6.54 Å². The summed E-state index contributed by atoms with van der Waals surface area (Å²) in [7, 11) is 0. The first-order chi connectivity index (χ1) is 9.61. The topological polar surface area (TPSA) is 21.3 Å². The van der Waals surface area contributed by atoms with E-state index in [0.29, 0.717) is 22.3 Å². The van der Waals surface area contributed by atoms with E-state index in [1.165, 1.54) is 0 Å². The Labute approximate surface area is 137 Å². The lowest BCUT2D eigenvalue weighted by Crippen LogP contribution is -2.12. The summed E-state index contributed by atoms with van der Waals surface area (Å²) >= 11 is 15.6. The van der Waals surface area contributed by atoms with Gasteiger partial charge >= 0.3 is 0 Å². The quantitative estimate of drug-likeness (QED) is 0.729. The van der Waals surface area contributed by atoms with Crippen LogP contribution >= 0.6 is 39.1 Å². The molecule has 0 bridgehead atoms. The highest BCUT2D eigenvalue weighted by molar-refractivity contribution is 9.10. The SMILES string of the molecule is CCNCc1c(Cl)cccc1Oc1ccc(Cl)cc1Br. The number of hydrogen-bond donors (Lipinski definition) is 1. The van der Waals surface area contributed by atoms with Crippen LogP contribution in [0.4, 0.5) is 0 Å². The molecule has 1 N–H and O–H groups in total. The van der Waals surface area contributed by atoms with Gasteiger partial charge in [0.15, 0.2) is 0 Å². The van der Waals surface area contributed by atoms with Crippen molar-refractivity contribution in [3.63, 3.8) is 0 Å². The first kappa shape index (κ1) is 15.6. The second-order valence-corrected chi connectivity index (χ2v) is 5.87. The molecule has 0 amide bonds. The average Bonchev–Trinajstić information content (AvgIpc) is 2.41. The molecule has 0 spiro atoms. The summed E-state index contributed by atoms with van der Waals surface area (Å²) < 4.78 is 6.75. The molecule has 106 valence electrons. The highest BCUT2D eigenvalue weighted by Crippen LogP contribution is 2.35. The van der Waals surface area contributed by atoms with E-state index in [-0.39, 0.29) is 0 Å². The van der Waals surface area contributed by atoms with Gasteiger partial charge in [0, 0.05) is 22.2 Å². The van der Waals surface area contributed by atoms with Crippen molar-refractivity contribution in [3.05, 3.63) is 56.5 Å². The van der Waals surface area contributed by atoms with Crippen LogP contribution in [0.15, 0.2) is 40.9 Å². The van der Waals surface area contributed by atoms with Crippen molar-refractivity contribution in [3.8, 4) is 11.5 Å². The van der Waals surface area contributed by atoms with Gasteiger partial charge in [-0.15, -0.1) is 0 Å². The van der Waals surface area contributed by atoms with E-state index < -0.39 is 0 Å². The van der Waals surface area contributed by atoms with Gasteiger partial charge in [-0.05, 0) is 52.8 Å². The first-order valence-electron chi connectivity index (χ1n) is 6.23. The predicted molar refractivity (Wildman–Crippen MR) is 88.1 cm³/mol. The van der Waals surface area contributed by atoms with Gasteiger partial charge in [-0.25, -0.2) is 0 Å². The maximum Gasteiger partial charge on any atom is 0.141 e. The second kappa shape index (κ2) is 7.32. The molecule has 5 heteroatoms. The molecule has 0 aliphatic heterocycles. The third-order valence-corrected chi connectivity index (χ3v) is 3.95. The predicted octanol–water partition coefficient (Wildman–Crippen LogP) is 5.66. The summed E-state index contributed by atoms with van der Waals surface area (Å²) in [6.07, 6.45) is 0. The normalized spacial score (nSPS) is 10.6. The van der Waals surface area contributed by atoms with E-state index in [1.54, 1.807) is 12.1 Å². The number of halogens is 3. The highest BCUT2D eigenvalue weighted by atomic mass is 79.9. The third-order valence-electron chi connectivity index (χ3n) is 2.74. The summed E-state index contributed by atoms with van der Waals surface area (Å²) in [5.41, 5.74) is 0.942. The molecular formula is C15H14BrCl2NO. The molecule has 0 fully saturated rings. The molecule has 0 saturated heterocycles. The van der Waals surface area contributed by atoms with Gasteiger partial charge in [0.25, 0.3) is 0 Å². The van der Waals surface area contributed by atoms with E-state index in [9.17, 15) is 0 Å². The van der Waals surface area contributed by atoms with Crippen LogP contribution in [0.25, 0.3) is 0 Å². The Bertz CT molecular complexity index is 604. The number of ether oxygens (including phenoxy) is 1. The van der Waals surface area contributed by atoms with Crippen molar-refractivity contribution in [2.45, 2.75) is 13.5 Å². The molecule has 0 aromatic heterocycles. The molecule has 2 aromatic rings. The fourth-order valence-corrected chi connectivity index (χ4v) is 2.73. The van der Waals surface area contributed by atoms with Crippen LogP contribution in [0, 0.1) is 0 Å². The Morgan fingerprint density at radius 2 is 1.95 bits per heavy atom. The maximum absolute atomic E-state index is 6.24. The molecule has 0 heterocycles. The van der Waals surface area contributed by atoms with E-state index in [0.717, 1.165) is 22.3 Å². The van der Waals surface area contributed by atoms with Crippen molar-refractivity contribution < 1.29 is 4.74 Å². The summed E-state index contributed by atoms with van der Waals surface area (Å²) in [5, 5.41) is 4.60. The fraction of sp³-hybridized carbons (Fsp3) is 0.200. The third kappa shape index (κ3) is 3.89. The standard InChI is InChI=1S/C15H14BrCl2NO/c1-2-19-9-11-13(18)4-3-5-14(11)20-15-7-6-10(17)8-12(15)16/h3-8,19H,2,9H2,1H3. The Morgan fingerprint density at radius 3 is 2.65 bits per heavy atom. The van der Waals surface area contributed by atoms with Gasteiger partial charge in [0.05, 0.1) is 4.47 Å². The van der Waals surface area contributed by atoms with E-state index in [4.69, 9.17) is 27.9 Å². The Morgan fingerprint density at radius 1 is 1.15 bits per heavy atom. The van der Waals surface area contributed by atoms with E-state index in [2.05, 4.69) is 21.2 Å². The van der Waals surface area contributed by atoms with Gasteiger partial charge in [0.1, 0.15) is 11.5 Å². The maximum atomic E-state index is 6.24. The van der Waals surface area contributed by atoms with Crippen LogP contribution < -0.4 is 10.1 Å². The van der Waals surface area contributed by atoms with Crippen molar-refractivity contribution in [1.29, 1.82) is 0 Å². The van der Waals surface area contributed by atoms with Crippen LogP contribution in [0.1, 0.15) is 12.5 Å².